The molecule has 1 aromatic rings. The van der Waals surface area contributed by atoms with E-state index in [1.54, 1.807) is 12.1 Å². The minimum Gasteiger partial charge on any atom is -0.313 e. The summed E-state index contributed by atoms with van der Waals surface area (Å²) in [6.07, 6.45) is 4.99. The molecule has 0 amide bonds. The standard InChI is InChI=1S/C18H29FN2/c1-18(2)10-4-12-21(14-11-18)13-9-17(20-3)15-5-7-16(19)8-6-15/h5-8,17,20H,4,9-14H2,1-3H3. The highest BCUT2D eigenvalue weighted by molar-refractivity contribution is 5.19. The van der Waals surface area contributed by atoms with E-state index in [9.17, 15) is 4.39 Å². The van der Waals surface area contributed by atoms with Crippen molar-refractivity contribution in [2.24, 2.45) is 5.41 Å². The molecule has 1 saturated heterocycles. The van der Waals surface area contributed by atoms with E-state index in [2.05, 4.69) is 24.1 Å². The van der Waals surface area contributed by atoms with Crippen molar-refractivity contribution in [1.82, 2.24) is 10.2 Å². The van der Waals surface area contributed by atoms with Crippen LogP contribution in [-0.2, 0) is 0 Å². The Bertz CT molecular complexity index is 427. The lowest BCUT2D eigenvalue weighted by atomic mass is 9.85. The summed E-state index contributed by atoms with van der Waals surface area (Å²) in [5.41, 5.74) is 1.67. The zero-order valence-corrected chi connectivity index (χ0v) is 13.7. The number of benzene rings is 1. The Morgan fingerprint density at radius 1 is 1.19 bits per heavy atom. The van der Waals surface area contributed by atoms with Gasteiger partial charge in [-0.25, -0.2) is 4.39 Å². The zero-order valence-electron chi connectivity index (χ0n) is 13.7. The summed E-state index contributed by atoms with van der Waals surface area (Å²) in [5, 5.41) is 3.36. The van der Waals surface area contributed by atoms with Crippen LogP contribution in [0.2, 0.25) is 0 Å². The van der Waals surface area contributed by atoms with E-state index in [-0.39, 0.29) is 5.82 Å². The van der Waals surface area contributed by atoms with Gasteiger partial charge in [0.2, 0.25) is 0 Å². The van der Waals surface area contributed by atoms with Gasteiger partial charge < -0.3 is 10.2 Å². The van der Waals surface area contributed by atoms with E-state index >= 15 is 0 Å². The molecule has 3 heteroatoms. The fourth-order valence-corrected chi connectivity index (χ4v) is 3.19. The molecule has 0 spiro atoms. The lowest BCUT2D eigenvalue weighted by molar-refractivity contribution is 0.251. The zero-order chi connectivity index (χ0) is 15.3. The summed E-state index contributed by atoms with van der Waals surface area (Å²) < 4.78 is 13.0. The van der Waals surface area contributed by atoms with Crippen molar-refractivity contribution in [2.45, 2.75) is 45.6 Å². The van der Waals surface area contributed by atoms with Gasteiger partial charge in [-0.2, -0.15) is 0 Å². The van der Waals surface area contributed by atoms with E-state index in [0.29, 0.717) is 11.5 Å². The molecular weight excluding hydrogens is 263 g/mol. The van der Waals surface area contributed by atoms with Crippen LogP contribution in [0, 0.1) is 11.2 Å². The average molecular weight is 292 g/mol. The summed E-state index contributed by atoms with van der Waals surface area (Å²) in [4.78, 5) is 2.59. The fourth-order valence-electron chi connectivity index (χ4n) is 3.19. The maximum absolute atomic E-state index is 13.0. The van der Waals surface area contributed by atoms with Gasteiger partial charge in [-0.05, 0) is 75.5 Å². The third-order valence-electron chi connectivity index (χ3n) is 4.79. The summed E-state index contributed by atoms with van der Waals surface area (Å²) in [6, 6.07) is 7.19. The molecule has 1 aliphatic rings. The third kappa shape index (κ3) is 5.08. The molecule has 0 aliphatic carbocycles. The quantitative estimate of drug-likeness (QED) is 0.883. The first kappa shape index (κ1) is 16.4. The van der Waals surface area contributed by atoms with Crippen LogP contribution in [-0.4, -0.2) is 31.6 Å². The number of nitrogens with zero attached hydrogens (tertiary/aromatic N) is 1. The van der Waals surface area contributed by atoms with Gasteiger partial charge in [0.1, 0.15) is 5.82 Å². The van der Waals surface area contributed by atoms with Crippen molar-refractivity contribution < 1.29 is 4.39 Å². The molecule has 0 bridgehead atoms. The molecule has 1 N–H and O–H groups in total. The van der Waals surface area contributed by atoms with E-state index < -0.39 is 0 Å². The fraction of sp³-hybridized carbons (Fsp3) is 0.667. The predicted octanol–water partition coefficient (Wildman–Crippen LogP) is 3.99. The van der Waals surface area contributed by atoms with Gasteiger partial charge in [0.15, 0.2) is 0 Å². The highest BCUT2D eigenvalue weighted by atomic mass is 19.1. The SMILES string of the molecule is CNC(CCN1CCCC(C)(C)CC1)c1ccc(F)cc1. The minimum atomic E-state index is -0.164. The average Bonchev–Trinajstić information content (AvgIpc) is 2.62. The Morgan fingerprint density at radius 2 is 1.90 bits per heavy atom. The van der Waals surface area contributed by atoms with E-state index in [4.69, 9.17) is 0 Å². The summed E-state index contributed by atoms with van der Waals surface area (Å²) in [7, 11) is 1.99. The van der Waals surface area contributed by atoms with Gasteiger partial charge in [0.25, 0.3) is 0 Å². The number of likely N-dealkylation sites (tertiary alicyclic amines) is 1. The molecule has 1 fully saturated rings. The smallest absolute Gasteiger partial charge is 0.123 e. The maximum Gasteiger partial charge on any atom is 0.123 e. The Kier molecular flexibility index (Phi) is 5.77. The molecule has 2 nitrogen and oxygen atoms in total. The van der Waals surface area contributed by atoms with Crippen LogP contribution >= 0.6 is 0 Å². The minimum absolute atomic E-state index is 0.164. The predicted molar refractivity (Wildman–Crippen MR) is 86.9 cm³/mol. The summed E-state index contributed by atoms with van der Waals surface area (Å²) >= 11 is 0. The first-order chi connectivity index (χ1) is 10.00. The second kappa shape index (κ2) is 7.37. The van der Waals surface area contributed by atoms with Crippen molar-refractivity contribution in [3.63, 3.8) is 0 Å². The summed E-state index contributed by atoms with van der Waals surface area (Å²) in [6.45, 7) is 8.28. The molecule has 0 saturated carbocycles. The Labute approximate surface area is 128 Å². The van der Waals surface area contributed by atoms with Crippen molar-refractivity contribution in [1.29, 1.82) is 0 Å². The van der Waals surface area contributed by atoms with Gasteiger partial charge in [0.05, 0.1) is 0 Å². The largest absolute Gasteiger partial charge is 0.313 e. The second-order valence-corrected chi connectivity index (χ2v) is 7.04. The number of hydrogen-bond acceptors (Lipinski definition) is 2. The molecule has 0 aromatic heterocycles. The van der Waals surface area contributed by atoms with Crippen LogP contribution in [0.4, 0.5) is 4.39 Å². The molecule has 1 atom stereocenters. The molecule has 2 rings (SSSR count). The van der Waals surface area contributed by atoms with Crippen LogP contribution in [0.1, 0.15) is 51.1 Å². The number of hydrogen-bond donors (Lipinski definition) is 1. The maximum atomic E-state index is 13.0. The summed E-state index contributed by atoms with van der Waals surface area (Å²) in [5.74, 6) is -0.164. The molecule has 1 unspecified atom stereocenters. The van der Waals surface area contributed by atoms with E-state index in [0.717, 1.165) is 13.0 Å². The van der Waals surface area contributed by atoms with Gasteiger partial charge >= 0.3 is 0 Å². The third-order valence-corrected chi connectivity index (χ3v) is 4.79. The Balaban J connectivity index is 1.87. The van der Waals surface area contributed by atoms with Crippen molar-refractivity contribution >= 4 is 0 Å². The molecule has 1 aliphatic heterocycles. The lowest BCUT2D eigenvalue weighted by Gasteiger charge is -2.25. The first-order valence-electron chi connectivity index (χ1n) is 8.15. The van der Waals surface area contributed by atoms with Gasteiger partial charge in [0, 0.05) is 6.04 Å². The lowest BCUT2D eigenvalue weighted by Crippen LogP contribution is -2.29. The van der Waals surface area contributed by atoms with Crippen LogP contribution < -0.4 is 5.32 Å². The van der Waals surface area contributed by atoms with Crippen LogP contribution in [0.25, 0.3) is 0 Å². The molecular formula is C18H29FN2. The normalized spacial score (nSPS) is 21.0. The van der Waals surface area contributed by atoms with Gasteiger partial charge in [-0.3, -0.25) is 0 Å². The second-order valence-electron chi connectivity index (χ2n) is 7.04. The number of halogens is 1. The first-order valence-corrected chi connectivity index (χ1v) is 8.15. The van der Waals surface area contributed by atoms with Crippen molar-refractivity contribution in [3.8, 4) is 0 Å². The molecule has 118 valence electrons. The van der Waals surface area contributed by atoms with Crippen LogP contribution in [0.5, 0.6) is 0 Å². The molecule has 1 aromatic carbocycles. The molecule has 1 heterocycles. The van der Waals surface area contributed by atoms with Gasteiger partial charge in [-0.1, -0.05) is 26.0 Å². The topological polar surface area (TPSA) is 15.3 Å². The van der Waals surface area contributed by atoms with Crippen LogP contribution in [0.3, 0.4) is 0 Å². The van der Waals surface area contributed by atoms with Gasteiger partial charge in [-0.15, -0.1) is 0 Å². The number of rotatable bonds is 5. The van der Waals surface area contributed by atoms with E-state index in [1.807, 2.05) is 19.2 Å². The number of nitrogens with one attached hydrogen (secondary N) is 1. The highest BCUT2D eigenvalue weighted by Gasteiger charge is 2.23. The van der Waals surface area contributed by atoms with Crippen molar-refractivity contribution in [3.05, 3.63) is 35.6 Å². The van der Waals surface area contributed by atoms with Crippen molar-refractivity contribution in [2.75, 3.05) is 26.7 Å². The Morgan fingerprint density at radius 3 is 2.57 bits per heavy atom. The Hall–Kier alpha value is -0.930. The van der Waals surface area contributed by atoms with E-state index in [1.165, 1.54) is 37.9 Å². The monoisotopic (exact) mass is 292 g/mol. The molecule has 21 heavy (non-hydrogen) atoms. The van der Waals surface area contributed by atoms with Crippen LogP contribution in [0.15, 0.2) is 24.3 Å². The molecule has 0 radical (unpaired) electrons. The highest BCUT2D eigenvalue weighted by Crippen LogP contribution is 2.30.